The zero-order chi connectivity index (χ0) is 20.5. The van der Waals surface area contributed by atoms with Crippen LogP contribution in [0.1, 0.15) is 39.6 Å². The molecule has 5 nitrogen and oxygen atoms in total. The molecule has 2 aromatic carbocycles. The van der Waals surface area contributed by atoms with Gasteiger partial charge in [-0.2, -0.15) is 11.8 Å². The minimum absolute atomic E-state index is 0.257. The average Bonchev–Trinajstić information content (AvgIpc) is 2.71. The number of carbonyl (C=O) groups excluding carboxylic acids is 3. The molecule has 1 N–H and O–H groups in total. The van der Waals surface area contributed by atoms with E-state index in [1.165, 1.54) is 0 Å². The number of nitrogens with one attached hydrogen (secondary N) is 1. The van der Waals surface area contributed by atoms with E-state index < -0.39 is 12.0 Å². The van der Waals surface area contributed by atoms with Gasteiger partial charge in [0.25, 0.3) is 5.91 Å². The predicted molar refractivity (Wildman–Crippen MR) is 113 cm³/mol. The lowest BCUT2D eigenvalue weighted by Gasteiger charge is -2.19. The van der Waals surface area contributed by atoms with Crippen molar-refractivity contribution in [2.45, 2.75) is 26.3 Å². The summed E-state index contributed by atoms with van der Waals surface area (Å²) < 4.78 is 5.10. The van der Waals surface area contributed by atoms with E-state index in [1.807, 2.05) is 37.4 Å². The third-order valence-corrected chi connectivity index (χ3v) is 4.99. The number of thioether (sulfide) groups is 1. The maximum atomic E-state index is 13.0. The first-order valence-corrected chi connectivity index (χ1v) is 10.5. The highest BCUT2D eigenvalue weighted by Gasteiger charge is 2.24. The Balaban J connectivity index is 2.39. The summed E-state index contributed by atoms with van der Waals surface area (Å²) in [5, 5.41) is 2.80. The van der Waals surface area contributed by atoms with E-state index in [0.717, 1.165) is 23.2 Å². The van der Waals surface area contributed by atoms with Crippen molar-refractivity contribution >= 4 is 29.9 Å². The quantitative estimate of drug-likeness (QED) is 0.512. The standard InChI is InChI=1S/C22H25NO4S/c1-4-27-22(26)20(11-12-28-3)23-21(25)18-10-9-16(14-24)13-19(18)17-8-6-5-7-15(17)2/h5-10,13-14,20H,4,11-12H2,1-3H3,(H,23,25). The van der Waals surface area contributed by atoms with Crippen LogP contribution in [0.15, 0.2) is 42.5 Å². The summed E-state index contributed by atoms with van der Waals surface area (Å²) in [6.45, 7) is 3.94. The molecule has 2 rings (SSSR count). The van der Waals surface area contributed by atoms with Gasteiger partial charge in [0.2, 0.25) is 0 Å². The van der Waals surface area contributed by atoms with Crippen molar-refractivity contribution in [2.75, 3.05) is 18.6 Å². The number of benzene rings is 2. The van der Waals surface area contributed by atoms with Gasteiger partial charge in [-0.3, -0.25) is 9.59 Å². The van der Waals surface area contributed by atoms with Crippen molar-refractivity contribution in [1.29, 1.82) is 0 Å². The fourth-order valence-electron chi connectivity index (χ4n) is 2.89. The molecule has 1 unspecified atom stereocenters. The molecule has 0 radical (unpaired) electrons. The molecule has 0 fully saturated rings. The average molecular weight is 400 g/mol. The van der Waals surface area contributed by atoms with Gasteiger partial charge in [0.05, 0.1) is 6.61 Å². The lowest BCUT2D eigenvalue weighted by molar-refractivity contribution is -0.145. The largest absolute Gasteiger partial charge is 0.464 e. The molecule has 0 spiro atoms. The van der Waals surface area contributed by atoms with Crippen LogP contribution in [0.4, 0.5) is 0 Å². The molecule has 0 aliphatic rings. The number of ether oxygens (including phenoxy) is 1. The molecule has 0 bridgehead atoms. The topological polar surface area (TPSA) is 72.5 Å². The smallest absolute Gasteiger partial charge is 0.328 e. The first-order valence-electron chi connectivity index (χ1n) is 9.13. The van der Waals surface area contributed by atoms with E-state index in [1.54, 1.807) is 36.9 Å². The molecule has 1 atom stereocenters. The van der Waals surface area contributed by atoms with E-state index in [2.05, 4.69) is 5.32 Å². The van der Waals surface area contributed by atoms with Crippen LogP contribution in [-0.2, 0) is 9.53 Å². The van der Waals surface area contributed by atoms with Crippen molar-refractivity contribution in [1.82, 2.24) is 5.32 Å². The molecular formula is C22H25NO4S. The molecule has 0 saturated carbocycles. The Morgan fingerprint density at radius 1 is 1.18 bits per heavy atom. The van der Waals surface area contributed by atoms with Gasteiger partial charge in [0.15, 0.2) is 0 Å². The van der Waals surface area contributed by atoms with E-state index in [4.69, 9.17) is 4.74 Å². The van der Waals surface area contributed by atoms with Gasteiger partial charge < -0.3 is 10.1 Å². The molecule has 2 aromatic rings. The van der Waals surface area contributed by atoms with Crippen LogP contribution >= 0.6 is 11.8 Å². The van der Waals surface area contributed by atoms with Crippen molar-refractivity contribution in [2.24, 2.45) is 0 Å². The summed E-state index contributed by atoms with van der Waals surface area (Å²) >= 11 is 1.60. The third-order valence-electron chi connectivity index (χ3n) is 4.35. The molecule has 0 aromatic heterocycles. The Kier molecular flexibility index (Phi) is 8.26. The molecular weight excluding hydrogens is 374 g/mol. The second-order valence-corrected chi connectivity index (χ2v) is 7.28. The fourth-order valence-corrected chi connectivity index (χ4v) is 3.37. The number of aldehydes is 1. The molecule has 1 amide bonds. The highest BCUT2D eigenvalue weighted by atomic mass is 32.2. The van der Waals surface area contributed by atoms with E-state index in [0.29, 0.717) is 23.1 Å². The van der Waals surface area contributed by atoms with E-state index in [9.17, 15) is 14.4 Å². The van der Waals surface area contributed by atoms with E-state index in [-0.39, 0.29) is 12.5 Å². The Labute approximate surface area is 169 Å². The highest BCUT2D eigenvalue weighted by molar-refractivity contribution is 7.98. The summed E-state index contributed by atoms with van der Waals surface area (Å²) in [4.78, 5) is 36.5. The van der Waals surface area contributed by atoms with Gasteiger partial charge in [-0.25, -0.2) is 4.79 Å². The van der Waals surface area contributed by atoms with Crippen LogP contribution in [0.3, 0.4) is 0 Å². The van der Waals surface area contributed by atoms with Gasteiger partial charge in [0.1, 0.15) is 12.3 Å². The summed E-state index contributed by atoms with van der Waals surface area (Å²) in [6, 6.07) is 11.9. The summed E-state index contributed by atoms with van der Waals surface area (Å²) in [7, 11) is 0. The van der Waals surface area contributed by atoms with Gasteiger partial charge in [-0.15, -0.1) is 0 Å². The van der Waals surface area contributed by atoms with E-state index >= 15 is 0 Å². The SMILES string of the molecule is CCOC(=O)C(CCSC)NC(=O)c1ccc(C=O)cc1-c1ccccc1C. The molecule has 148 valence electrons. The highest BCUT2D eigenvalue weighted by Crippen LogP contribution is 2.28. The summed E-state index contributed by atoms with van der Waals surface area (Å²) in [6.07, 6.45) is 3.18. The van der Waals surface area contributed by atoms with Crippen molar-refractivity contribution in [3.8, 4) is 11.1 Å². The zero-order valence-corrected chi connectivity index (χ0v) is 17.2. The predicted octanol–water partition coefficient (Wildman–Crippen LogP) is 3.89. The number of amides is 1. The Morgan fingerprint density at radius 2 is 1.93 bits per heavy atom. The van der Waals surface area contributed by atoms with Gasteiger partial charge in [-0.05, 0) is 61.1 Å². The van der Waals surface area contributed by atoms with Crippen LogP contribution in [0, 0.1) is 6.92 Å². The summed E-state index contributed by atoms with van der Waals surface area (Å²) in [5.41, 5.74) is 3.42. The summed E-state index contributed by atoms with van der Waals surface area (Å²) in [5.74, 6) is -0.0832. The second-order valence-electron chi connectivity index (χ2n) is 6.30. The maximum absolute atomic E-state index is 13.0. The lowest BCUT2D eigenvalue weighted by atomic mass is 9.94. The van der Waals surface area contributed by atoms with Crippen molar-refractivity contribution in [3.05, 3.63) is 59.2 Å². The van der Waals surface area contributed by atoms with Crippen LogP contribution in [0.5, 0.6) is 0 Å². The lowest BCUT2D eigenvalue weighted by Crippen LogP contribution is -2.42. The number of aryl methyl sites for hydroxylation is 1. The van der Waals surface area contributed by atoms with Gasteiger partial charge in [-0.1, -0.05) is 30.3 Å². The Morgan fingerprint density at radius 3 is 2.57 bits per heavy atom. The maximum Gasteiger partial charge on any atom is 0.328 e. The monoisotopic (exact) mass is 399 g/mol. The molecule has 0 aliphatic heterocycles. The minimum Gasteiger partial charge on any atom is -0.464 e. The van der Waals surface area contributed by atoms with Crippen LogP contribution in [0.25, 0.3) is 11.1 Å². The van der Waals surface area contributed by atoms with Crippen LogP contribution < -0.4 is 5.32 Å². The van der Waals surface area contributed by atoms with Gasteiger partial charge in [0, 0.05) is 11.1 Å². The fraction of sp³-hybridized carbons (Fsp3) is 0.318. The number of rotatable bonds is 9. The first kappa shape index (κ1) is 21.7. The molecule has 6 heteroatoms. The number of esters is 1. The number of carbonyl (C=O) groups is 3. The van der Waals surface area contributed by atoms with Gasteiger partial charge >= 0.3 is 5.97 Å². The first-order chi connectivity index (χ1) is 13.5. The van der Waals surface area contributed by atoms with Crippen molar-refractivity contribution < 1.29 is 19.1 Å². The number of hydrogen-bond acceptors (Lipinski definition) is 5. The molecule has 0 aliphatic carbocycles. The Bertz CT molecular complexity index is 850. The van der Waals surface area contributed by atoms with Crippen LogP contribution in [-0.4, -0.2) is 42.8 Å². The molecule has 0 heterocycles. The molecule has 28 heavy (non-hydrogen) atoms. The zero-order valence-electron chi connectivity index (χ0n) is 16.4. The number of hydrogen-bond donors (Lipinski definition) is 1. The second kappa shape index (κ2) is 10.7. The van der Waals surface area contributed by atoms with Crippen LogP contribution in [0.2, 0.25) is 0 Å². The Hall–Kier alpha value is -2.60. The normalized spacial score (nSPS) is 11.5. The third kappa shape index (κ3) is 5.45. The van der Waals surface area contributed by atoms with Crippen molar-refractivity contribution in [3.63, 3.8) is 0 Å². The minimum atomic E-state index is -0.713. The molecule has 0 saturated heterocycles.